The first-order valence-corrected chi connectivity index (χ1v) is 15.7. The highest BCUT2D eigenvalue weighted by Gasteiger charge is 2.17. The molecule has 0 amide bonds. The van der Waals surface area contributed by atoms with E-state index >= 15 is 0 Å². The lowest BCUT2D eigenvalue weighted by atomic mass is 10.0. The van der Waals surface area contributed by atoms with Gasteiger partial charge in [0.25, 0.3) is 0 Å². The Morgan fingerprint density at radius 2 is 0.936 bits per heavy atom. The van der Waals surface area contributed by atoms with Crippen molar-refractivity contribution < 1.29 is 14.3 Å². The maximum atomic E-state index is 11.4. The molecule has 5 nitrogen and oxygen atoms in total. The molecule has 0 aliphatic heterocycles. The van der Waals surface area contributed by atoms with Crippen LogP contribution in [-0.2, 0) is 9.53 Å². The first-order chi connectivity index (χ1) is 23.2. The molecule has 0 saturated carbocycles. The molecule has 0 saturated heterocycles. The number of benzene rings is 6. The van der Waals surface area contributed by atoms with Crippen LogP contribution >= 0.6 is 0 Å². The molecule has 0 bridgehead atoms. The SMILES string of the molecule is C=CC(=O)OCCCOc1ccccc1N(c1ccccc1)c1ccc(-c2ccc(N(c3ccccc3)c3ccccc3)cc2)cc1. The molecular weight excluding hydrogens is 580 g/mol. The summed E-state index contributed by atoms with van der Waals surface area (Å²) in [5.74, 6) is 0.314. The van der Waals surface area contributed by atoms with Gasteiger partial charge in [0.1, 0.15) is 5.75 Å². The molecule has 0 aromatic heterocycles. The van der Waals surface area contributed by atoms with Gasteiger partial charge in [0.15, 0.2) is 0 Å². The maximum absolute atomic E-state index is 11.4. The molecule has 0 atom stereocenters. The minimum Gasteiger partial charge on any atom is -0.491 e. The highest BCUT2D eigenvalue weighted by atomic mass is 16.5. The van der Waals surface area contributed by atoms with Gasteiger partial charge in [-0.1, -0.05) is 97.6 Å². The molecule has 6 aromatic rings. The summed E-state index contributed by atoms with van der Waals surface area (Å²) < 4.78 is 11.3. The van der Waals surface area contributed by atoms with E-state index < -0.39 is 5.97 Å². The van der Waals surface area contributed by atoms with Crippen molar-refractivity contribution in [3.8, 4) is 16.9 Å². The molecule has 47 heavy (non-hydrogen) atoms. The Morgan fingerprint density at radius 1 is 0.511 bits per heavy atom. The van der Waals surface area contributed by atoms with Crippen LogP contribution in [0.15, 0.2) is 176 Å². The molecule has 6 aromatic carbocycles. The predicted octanol–water partition coefficient (Wildman–Crippen LogP) is 10.8. The summed E-state index contributed by atoms with van der Waals surface area (Å²) in [5.41, 5.74) is 8.50. The van der Waals surface area contributed by atoms with Crippen molar-refractivity contribution in [3.05, 3.63) is 176 Å². The third-order valence-electron chi connectivity index (χ3n) is 7.69. The van der Waals surface area contributed by atoms with Crippen molar-refractivity contribution in [2.75, 3.05) is 23.0 Å². The third kappa shape index (κ3) is 7.60. The Labute approximate surface area is 276 Å². The average Bonchev–Trinajstić information content (AvgIpc) is 3.14. The predicted molar refractivity (Wildman–Crippen MR) is 193 cm³/mol. The number of para-hydroxylation sites is 5. The summed E-state index contributed by atoms with van der Waals surface area (Å²) in [6.07, 6.45) is 1.74. The molecule has 0 radical (unpaired) electrons. The van der Waals surface area contributed by atoms with Crippen molar-refractivity contribution in [1.82, 2.24) is 0 Å². The lowest BCUT2D eigenvalue weighted by Gasteiger charge is -2.27. The van der Waals surface area contributed by atoms with Crippen LogP contribution in [0.25, 0.3) is 11.1 Å². The Balaban J connectivity index is 1.25. The van der Waals surface area contributed by atoms with Gasteiger partial charge in [0, 0.05) is 40.9 Å². The highest BCUT2D eigenvalue weighted by molar-refractivity contribution is 5.83. The van der Waals surface area contributed by atoms with Gasteiger partial charge in [0.05, 0.1) is 18.9 Å². The standard InChI is InChI=1S/C42H36N2O3/c1-2-42(45)47-32-14-31-46-41-22-13-12-21-40(41)44(37-19-10-5-11-20-37)39-29-25-34(26-30-39)33-23-27-38(28-24-33)43(35-15-6-3-7-16-35)36-17-8-4-9-18-36/h2-13,15-30H,1,14,31-32H2. The van der Waals surface area contributed by atoms with Gasteiger partial charge in [0.2, 0.25) is 0 Å². The average molecular weight is 617 g/mol. The van der Waals surface area contributed by atoms with Crippen molar-refractivity contribution in [3.63, 3.8) is 0 Å². The van der Waals surface area contributed by atoms with Gasteiger partial charge >= 0.3 is 5.97 Å². The zero-order valence-corrected chi connectivity index (χ0v) is 26.1. The Bertz CT molecular complexity index is 1840. The van der Waals surface area contributed by atoms with Crippen LogP contribution in [0, 0.1) is 0 Å². The molecule has 232 valence electrons. The van der Waals surface area contributed by atoms with Gasteiger partial charge in [-0.25, -0.2) is 4.79 Å². The smallest absolute Gasteiger partial charge is 0.330 e. The normalized spacial score (nSPS) is 10.6. The molecule has 0 unspecified atom stereocenters. The van der Waals surface area contributed by atoms with Gasteiger partial charge in [-0.15, -0.1) is 0 Å². The van der Waals surface area contributed by atoms with E-state index in [9.17, 15) is 4.79 Å². The van der Waals surface area contributed by atoms with E-state index in [0.717, 1.165) is 51.0 Å². The number of nitrogens with zero attached hydrogens (tertiary/aromatic N) is 2. The summed E-state index contributed by atoms with van der Waals surface area (Å²) >= 11 is 0. The number of anilines is 6. The van der Waals surface area contributed by atoms with E-state index in [-0.39, 0.29) is 6.61 Å². The van der Waals surface area contributed by atoms with Crippen LogP contribution in [0.2, 0.25) is 0 Å². The first-order valence-electron chi connectivity index (χ1n) is 15.7. The number of rotatable bonds is 13. The van der Waals surface area contributed by atoms with Crippen molar-refractivity contribution in [2.45, 2.75) is 6.42 Å². The fraction of sp³-hybridized carbons (Fsp3) is 0.0714. The van der Waals surface area contributed by atoms with Crippen molar-refractivity contribution in [1.29, 1.82) is 0 Å². The van der Waals surface area contributed by atoms with E-state index in [2.05, 4.69) is 132 Å². The maximum Gasteiger partial charge on any atom is 0.330 e. The lowest BCUT2D eigenvalue weighted by molar-refractivity contribution is -0.137. The number of hydrogen-bond acceptors (Lipinski definition) is 5. The van der Waals surface area contributed by atoms with Crippen LogP contribution in [-0.4, -0.2) is 19.2 Å². The minimum atomic E-state index is -0.429. The van der Waals surface area contributed by atoms with E-state index in [0.29, 0.717) is 13.0 Å². The van der Waals surface area contributed by atoms with Crippen LogP contribution in [0.5, 0.6) is 5.75 Å². The fourth-order valence-electron chi connectivity index (χ4n) is 5.45. The largest absolute Gasteiger partial charge is 0.491 e. The zero-order valence-electron chi connectivity index (χ0n) is 26.1. The topological polar surface area (TPSA) is 42.0 Å². The molecule has 0 spiro atoms. The lowest BCUT2D eigenvalue weighted by Crippen LogP contribution is -2.12. The van der Waals surface area contributed by atoms with Crippen molar-refractivity contribution >= 4 is 40.1 Å². The van der Waals surface area contributed by atoms with E-state index in [4.69, 9.17) is 9.47 Å². The number of hydrogen-bond donors (Lipinski definition) is 0. The van der Waals surface area contributed by atoms with E-state index in [1.807, 2.05) is 48.5 Å². The summed E-state index contributed by atoms with van der Waals surface area (Å²) in [5, 5.41) is 0. The Kier molecular flexibility index (Phi) is 10.1. The van der Waals surface area contributed by atoms with E-state index in [1.54, 1.807) is 0 Å². The molecule has 0 heterocycles. The third-order valence-corrected chi connectivity index (χ3v) is 7.69. The number of carbonyl (C=O) groups is 1. The Morgan fingerprint density at radius 3 is 1.45 bits per heavy atom. The molecule has 0 aliphatic carbocycles. The Hall–Kier alpha value is -6.07. The monoisotopic (exact) mass is 616 g/mol. The number of ether oxygens (including phenoxy) is 2. The molecule has 0 fully saturated rings. The van der Waals surface area contributed by atoms with Crippen LogP contribution in [0.3, 0.4) is 0 Å². The van der Waals surface area contributed by atoms with Crippen LogP contribution < -0.4 is 14.5 Å². The quantitative estimate of drug-likeness (QED) is 0.0734. The summed E-state index contributed by atoms with van der Waals surface area (Å²) in [6, 6.07) is 56.4. The molecular formula is C42H36N2O3. The number of carbonyl (C=O) groups excluding carboxylic acids is 1. The minimum absolute atomic E-state index is 0.272. The van der Waals surface area contributed by atoms with Crippen LogP contribution in [0.4, 0.5) is 34.1 Å². The molecule has 0 N–H and O–H groups in total. The first kappa shape index (κ1) is 30.9. The zero-order chi connectivity index (χ0) is 32.3. The molecule has 0 aliphatic rings. The van der Waals surface area contributed by atoms with Crippen molar-refractivity contribution in [2.24, 2.45) is 0 Å². The molecule has 6 rings (SSSR count). The second-order valence-electron chi connectivity index (χ2n) is 10.8. The van der Waals surface area contributed by atoms with Gasteiger partial charge in [-0.2, -0.15) is 0 Å². The highest BCUT2D eigenvalue weighted by Crippen LogP contribution is 2.41. The van der Waals surface area contributed by atoms with E-state index in [1.165, 1.54) is 6.08 Å². The fourth-order valence-corrected chi connectivity index (χ4v) is 5.45. The summed E-state index contributed by atoms with van der Waals surface area (Å²) in [4.78, 5) is 15.8. The second kappa shape index (κ2) is 15.3. The summed E-state index contributed by atoms with van der Waals surface area (Å²) in [7, 11) is 0. The van der Waals surface area contributed by atoms with Gasteiger partial charge < -0.3 is 19.3 Å². The number of esters is 1. The van der Waals surface area contributed by atoms with Crippen LogP contribution in [0.1, 0.15) is 6.42 Å². The second-order valence-corrected chi connectivity index (χ2v) is 10.8. The van der Waals surface area contributed by atoms with Gasteiger partial charge in [-0.3, -0.25) is 0 Å². The molecule has 5 heteroatoms. The van der Waals surface area contributed by atoms with Gasteiger partial charge in [-0.05, 0) is 83.9 Å². The summed E-state index contributed by atoms with van der Waals surface area (Å²) in [6.45, 7) is 4.12.